The Morgan fingerprint density at radius 2 is 2.05 bits per heavy atom. The molecule has 0 bridgehead atoms. The molecule has 0 fully saturated rings. The van der Waals surface area contributed by atoms with E-state index in [-0.39, 0.29) is 5.54 Å². The van der Waals surface area contributed by atoms with E-state index in [1.807, 2.05) is 12.1 Å². The van der Waals surface area contributed by atoms with Crippen LogP contribution >= 0.6 is 0 Å². The molecule has 0 aliphatic carbocycles. The Bertz CT molecular complexity index is 392. The van der Waals surface area contributed by atoms with Crippen molar-refractivity contribution in [1.82, 2.24) is 4.90 Å². The monoisotopic (exact) mass is 264 g/mol. The summed E-state index contributed by atoms with van der Waals surface area (Å²) in [4.78, 5) is 2.35. The zero-order chi connectivity index (χ0) is 14.5. The highest BCUT2D eigenvalue weighted by atomic mass is 16.5. The quantitative estimate of drug-likeness (QED) is 0.823. The van der Waals surface area contributed by atoms with Crippen LogP contribution in [0.15, 0.2) is 24.3 Å². The van der Waals surface area contributed by atoms with Crippen molar-refractivity contribution in [1.29, 1.82) is 0 Å². The smallest absolute Gasteiger partial charge is 0.119 e. The van der Waals surface area contributed by atoms with Gasteiger partial charge in [-0.1, -0.05) is 26.0 Å². The molecule has 0 spiro atoms. The predicted octanol–water partition coefficient (Wildman–Crippen LogP) is 2.89. The Kier molecular flexibility index (Phi) is 5.83. The Balaban J connectivity index is 2.78. The lowest BCUT2D eigenvalue weighted by atomic mass is 9.89. The van der Waals surface area contributed by atoms with Gasteiger partial charge in [0.1, 0.15) is 5.75 Å². The van der Waals surface area contributed by atoms with Gasteiger partial charge in [0.2, 0.25) is 0 Å². The number of likely N-dealkylation sites (N-methyl/N-ethyl adjacent to an activating group) is 1. The maximum absolute atomic E-state index is 6.00. The molecule has 0 aliphatic heterocycles. The van der Waals surface area contributed by atoms with Crippen LogP contribution in [0.25, 0.3) is 0 Å². The van der Waals surface area contributed by atoms with Crippen LogP contribution in [0.3, 0.4) is 0 Å². The van der Waals surface area contributed by atoms with Crippen molar-refractivity contribution in [2.24, 2.45) is 11.7 Å². The summed E-state index contributed by atoms with van der Waals surface area (Å²) in [6.45, 7) is 8.29. The van der Waals surface area contributed by atoms with Crippen molar-refractivity contribution in [3.63, 3.8) is 0 Å². The first-order valence-electron chi connectivity index (χ1n) is 6.95. The highest BCUT2D eigenvalue weighted by Crippen LogP contribution is 2.24. The zero-order valence-electron chi connectivity index (χ0n) is 12.9. The highest BCUT2D eigenvalue weighted by molar-refractivity contribution is 5.28. The van der Waals surface area contributed by atoms with E-state index in [0.717, 1.165) is 18.7 Å². The third-order valence-corrected chi connectivity index (χ3v) is 3.76. The van der Waals surface area contributed by atoms with Gasteiger partial charge in [-0.25, -0.2) is 0 Å². The van der Waals surface area contributed by atoms with Crippen LogP contribution in [0.1, 0.15) is 32.8 Å². The summed E-state index contributed by atoms with van der Waals surface area (Å²) in [7, 11) is 3.85. The summed E-state index contributed by atoms with van der Waals surface area (Å²) < 4.78 is 5.27. The van der Waals surface area contributed by atoms with Crippen molar-refractivity contribution >= 4 is 0 Å². The first kappa shape index (κ1) is 16.0. The molecule has 1 unspecified atom stereocenters. The van der Waals surface area contributed by atoms with Crippen molar-refractivity contribution < 1.29 is 4.74 Å². The Morgan fingerprint density at radius 1 is 1.37 bits per heavy atom. The molecular weight excluding hydrogens is 236 g/mol. The molecule has 0 heterocycles. The van der Waals surface area contributed by atoms with E-state index in [1.165, 1.54) is 5.56 Å². The summed E-state index contributed by atoms with van der Waals surface area (Å²) >= 11 is 0. The molecule has 0 radical (unpaired) electrons. The predicted molar refractivity (Wildman–Crippen MR) is 81.4 cm³/mol. The van der Waals surface area contributed by atoms with Crippen molar-refractivity contribution in [2.45, 2.75) is 39.3 Å². The molecule has 0 saturated heterocycles. The van der Waals surface area contributed by atoms with Crippen LogP contribution in [0.4, 0.5) is 0 Å². The molecule has 2 N–H and O–H groups in total. The first-order chi connectivity index (χ1) is 8.91. The van der Waals surface area contributed by atoms with Gasteiger partial charge in [-0.3, -0.25) is 4.90 Å². The fraction of sp³-hybridized carbons (Fsp3) is 0.625. The Hall–Kier alpha value is -1.06. The van der Waals surface area contributed by atoms with E-state index in [2.05, 4.69) is 44.9 Å². The maximum Gasteiger partial charge on any atom is 0.119 e. The normalized spacial score (nSPS) is 14.7. The van der Waals surface area contributed by atoms with Gasteiger partial charge in [0, 0.05) is 18.6 Å². The third kappa shape index (κ3) is 4.51. The minimum atomic E-state index is 0.0389. The van der Waals surface area contributed by atoms with E-state index < -0.39 is 0 Å². The summed E-state index contributed by atoms with van der Waals surface area (Å²) in [5.41, 5.74) is 7.29. The van der Waals surface area contributed by atoms with Crippen molar-refractivity contribution in [2.75, 3.05) is 20.7 Å². The lowest BCUT2D eigenvalue weighted by Crippen LogP contribution is -2.50. The highest BCUT2D eigenvalue weighted by Gasteiger charge is 2.28. The average molecular weight is 264 g/mol. The summed E-state index contributed by atoms with van der Waals surface area (Å²) in [6.07, 6.45) is 1.10. The van der Waals surface area contributed by atoms with Crippen molar-refractivity contribution in [3.8, 4) is 5.75 Å². The standard InChI is InChI=1S/C16H28N2O/c1-13(2)10-16(3,12-17)18(4)11-14-7-6-8-15(9-14)19-5/h6-9,13H,10-12,17H2,1-5H3. The molecule has 1 rings (SSSR count). The number of nitrogens with two attached hydrogens (primary N) is 1. The maximum atomic E-state index is 6.00. The number of ether oxygens (including phenoxy) is 1. The Labute approximate surface area is 117 Å². The molecule has 0 saturated carbocycles. The van der Waals surface area contributed by atoms with Gasteiger partial charge >= 0.3 is 0 Å². The number of benzene rings is 1. The molecule has 1 atom stereocenters. The molecule has 0 aromatic heterocycles. The topological polar surface area (TPSA) is 38.5 Å². The number of methoxy groups -OCH3 is 1. The summed E-state index contributed by atoms with van der Waals surface area (Å²) in [5, 5.41) is 0. The van der Waals surface area contributed by atoms with Gasteiger partial charge in [0.25, 0.3) is 0 Å². The molecule has 108 valence electrons. The third-order valence-electron chi connectivity index (χ3n) is 3.76. The largest absolute Gasteiger partial charge is 0.497 e. The minimum Gasteiger partial charge on any atom is -0.497 e. The van der Waals surface area contributed by atoms with Crippen LogP contribution in [0.5, 0.6) is 5.75 Å². The Morgan fingerprint density at radius 3 is 2.58 bits per heavy atom. The van der Waals surface area contributed by atoms with E-state index in [9.17, 15) is 0 Å². The van der Waals surface area contributed by atoms with Crippen LogP contribution in [0.2, 0.25) is 0 Å². The second-order valence-corrected chi connectivity index (χ2v) is 6.01. The fourth-order valence-corrected chi connectivity index (χ4v) is 2.51. The molecule has 1 aromatic rings. The second-order valence-electron chi connectivity index (χ2n) is 6.01. The van der Waals surface area contributed by atoms with Crippen LogP contribution in [-0.2, 0) is 6.54 Å². The zero-order valence-corrected chi connectivity index (χ0v) is 12.9. The van der Waals surface area contributed by atoms with Gasteiger partial charge in [-0.2, -0.15) is 0 Å². The number of hydrogen-bond donors (Lipinski definition) is 1. The number of hydrogen-bond acceptors (Lipinski definition) is 3. The fourth-order valence-electron chi connectivity index (χ4n) is 2.51. The first-order valence-corrected chi connectivity index (χ1v) is 6.95. The SMILES string of the molecule is COc1cccc(CN(C)C(C)(CN)CC(C)C)c1. The number of nitrogens with zero attached hydrogens (tertiary/aromatic N) is 1. The van der Waals surface area contributed by atoms with Gasteiger partial charge in [-0.15, -0.1) is 0 Å². The summed E-state index contributed by atoms with van der Waals surface area (Å²) in [5.74, 6) is 1.55. The molecular formula is C16H28N2O. The lowest BCUT2D eigenvalue weighted by Gasteiger charge is -2.39. The number of rotatable bonds is 7. The summed E-state index contributed by atoms with van der Waals surface area (Å²) in [6, 6.07) is 8.22. The molecule has 3 heteroatoms. The van der Waals surface area contributed by atoms with E-state index in [1.54, 1.807) is 7.11 Å². The van der Waals surface area contributed by atoms with Gasteiger partial charge in [0.05, 0.1) is 7.11 Å². The van der Waals surface area contributed by atoms with Gasteiger partial charge < -0.3 is 10.5 Å². The molecule has 19 heavy (non-hydrogen) atoms. The van der Waals surface area contributed by atoms with Gasteiger partial charge in [-0.05, 0) is 44.0 Å². The molecule has 1 aromatic carbocycles. The minimum absolute atomic E-state index is 0.0389. The van der Waals surface area contributed by atoms with E-state index >= 15 is 0 Å². The van der Waals surface area contributed by atoms with Crippen LogP contribution < -0.4 is 10.5 Å². The molecule has 0 aliphatic rings. The van der Waals surface area contributed by atoms with Crippen molar-refractivity contribution in [3.05, 3.63) is 29.8 Å². The molecule has 0 amide bonds. The second kappa shape index (κ2) is 6.92. The average Bonchev–Trinajstić information content (AvgIpc) is 2.38. The van der Waals surface area contributed by atoms with Crippen LogP contribution in [0, 0.1) is 5.92 Å². The lowest BCUT2D eigenvalue weighted by molar-refractivity contribution is 0.111. The van der Waals surface area contributed by atoms with Gasteiger partial charge in [0.15, 0.2) is 0 Å². The van der Waals surface area contributed by atoms with E-state index in [4.69, 9.17) is 10.5 Å². The van der Waals surface area contributed by atoms with Crippen LogP contribution in [-0.4, -0.2) is 31.1 Å². The molecule has 3 nitrogen and oxygen atoms in total. The van der Waals surface area contributed by atoms with E-state index in [0.29, 0.717) is 12.5 Å².